The average molecular weight is 367 g/mol. The number of fused-ring (bicyclic) bond motifs is 1. The fourth-order valence-corrected chi connectivity index (χ4v) is 3.55. The first kappa shape index (κ1) is 17.8. The highest BCUT2D eigenvalue weighted by Crippen LogP contribution is 2.35. The lowest BCUT2D eigenvalue weighted by molar-refractivity contribution is -0.120. The van der Waals surface area contributed by atoms with E-state index < -0.39 is 6.04 Å². The van der Waals surface area contributed by atoms with Crippen LogP contribution in [0.4, 0.5) is 0 Å². The molecule has 0 bridgehead atoms. The van der Waals surface area contributed by atoms with Gasteiger partial charge in [0, 0.05) is 5.56 Å². The quantitative estimate of drug-likeness (QED) is 0.522. The maximum atomic E-state index is 12.8. The van der Waals surface area contributed by atoms with Gasteiger partial charge in [-0.1, -0.05) is 91.0 Å². The van der Waals surface area contributed by atoms with Crippen molar-refractivity contribution in [3.63, 3.8) is 0 Å². The first-order valence-corrected chi connectivity index (χ1v) is 9.31. The fourth-order valence-electron chi connectivity index (χ4n) is 3.55. The Balaban J connectivity index is 1.75. The van der Waals surface area contributed by atoms with E-state index >= 15 is 0 Å². The van der Waals surface area contributed by atoms with Crippen LogP contribution in [0.3, 0.4) is 0 Å². The molecule has 0 aromatic heterocycles. The molecule has 0 saturated heterocycles. The normalized spacial score (nSPS) is 11.9. The molecule has 1 amide bonds. The molecule has 3 heteroatoms. The number of carbonyl (C=O) groups excluding carboxylic acids is 1. The van der Waals surface area contributed by atoms with Crippen molar-refractivity contribution in [1.29, 1.82) is 0 Å². The second kappa shape index (κ2) is 7.97. The molecular weight excluding hydrogens is 346 g/mol. The number of benzene rings is 4. The zero-order valence-corrected chi connectivity index (χ0v) is 15.4. The molecule has 0 radical (unpaired) electrons. The van der Waals surface area contributed by atoms with Gasteiger partial charge in [0.2, 0.25) is 5.91 Å². The van der Waals surface area contributed by atoms with Gasteiger partial charge in [0.1, 0.15) is 5.75 Å². The van der Waals surface area contributed by atoms with E-state index in [1.165, 1.54) is 0 Å². The lowest BCUT2D eigenvalue weighted by Crippen LogP contribution is -2.30. The molecule has 0 unspecified atom stereocenters. The Kier molecular flexibility index (Phi) is 5.07. The largest absolute Gasteiger partial charge is 0.508 e. The molecule has 0 fully saturated rings. The number of carbonyl (C=O) groups is 1. The van der Waals surface area contributed by atoms with Crippen LogP contribution in [0.15, 0.2) is 97.1 Å². The summed E-state index contributed by atoms with van der Waals surface area (Å²) < 4.78 is 0. The predicted octanol–water partition coefficient (Wildman–Crippen LogP) is 4.99. The van der Waals surface area contributed by atoms with E-state index in [1.54, 1.807) is 6.07 Å². The maximum Gasteiger partial charge on any atom is 0.225 e. The minimum absolute atomic E-state index is 0.0904. The zero-order chi connectivity index (χ0) is 19.3. The van der Waals surface area contributed by atoms with Gasteiger partial charge < -0.3 is 10.4 Å². The van der Waals surface area contributed by atoms with E-state index in [9.17, 15) is 9.90 Å². The van der Waals surface area contributed by atoms with Crippen LogP contribution in [-0.2, 0) is 11.2 Å². The molecule has 0 heterocycles. The number of hydrogen-bond acceptors (Lipinski definition) is 2. The van der Waals surface area contributed by atoms with Crippen molar-refractivity contribution in [3.05, 3.63) is 114 Å². The second-order valence-corrected chi connectivity index (χ2v) is 6.79. The predicted molar refractivity (Wildman–Crippen MR) is 112 cm³/mol. The monoisotopic (exact) mass is 367 g/mol. The van der Waals surface area contributed by atoms with Crippen LogP contribution in [0.25, 0.3) is 10.8 Å². The summed E-state index contributed by atoms with van der Waals surface area (Å²) >= 11 is 0. The maximum absolute atomic E-state index is 12.8. The smallest absolute Gasteiger partial charge is 0.225 e. The average Bonchev–Trinajstić information content (AvgIpc) is 2.74. The van der Waals surface area contributed by atoms with Crippen LogP contribution < -0.4 is 5.32 Å². The Morgan fingerprint density at radius 1 is 0.786 bits per heavy atom. The molecule has 0 aliphatic carbocycles. The summed E-state index contributed by atoms with van der Waals surface area (Å²) in [5.74, 6) is 0.0833. The van der Waals surface area contributed by atoms with Crippen molar-refractivity contribution in [2.24, 2.45) is 0 Å². The van der Waals surface area contributed by atoms with Crippen LogP contribution >= 0.6 is 0 Å². The number of rotatable bonds is 5. The van der Waals surface area contributed by atoms with Gasteiger partial charge in [0.25, 0.3) is 0 Å². The van der Waals surface area contributed by atoms with Gasteiger partial charge in [-0.2, -0.15) is 0 Å². The summed E-state index contributed by atoms with van der Waals surface area (Å²) in [4.78, 5) is 12.8. The SMILES string of the molecule is O=C(Cc1ccccc1)N[C@H](c1ccccc1)c1c(O)ccc2ccccc12. The Hall–Kier alpha value is -3.59. The summed E-state index contributed by atoms with van der Waals surface area (Å²) in [7, 11) is 0. The Morgan fingerprint density at radius 2 is 1.43 bits per heavy atom. The summed E-state index contributed by atoms with van der Waals surface area (Å²) in [6, 6.07) is 30.4. The Morgan fingerprint density at radius 3 is 2.18 bits per heavy atom. The third kappa shape index (κ3) is 3.74. The number of hydrogen-bond donors (Lipinski definition) is 2. The molecule has 138 valence electrons. The van der Waals surface area contributed by atoms with Crippen molar-refractivity contribution in [2.75, 3.05) is 0 Å². The standard InChI is InChI=1S/C25H21NO2/c27-22-16-15-19-11-7-8-14-21(19)24(22)25(20-12-5-2-6-13-20)26-23(28)17-18-9-3-1-4-10-18/h1-16,25,27H,17H2,(H,26,28)/t25-/m1/s1. The van der Waals surface area contributed by atoms with Crippen LogP contribution in [-0.4, -0.2) is 11.0 Å². The van der Waals surface area contributed by atoms with Crippen molar-refractivity contribution >= 4 is 16.7 Å². The van der Waals surface area contributed by atoms with E-state index in [0.29, 0.717) is 5.56 Å². The zero-order valence-electron chi connectivity index (χ0n) is 15.4. The van der Waals surface area contributed by atoms with Gasteiger partial charge >= 0.3 is 0 Å². The van der Waals surface area contributed by atoms with E-state index in [0.717, 1.165) is 21.9 Å². The second-order valence-electron chi connectivity index (χ2n) is 6.79. The summed E-state index contributed by atoms with van der Waals surface area (Å²) in [6.45, 7) is 0. The molecule has 0 spiro atoms. The van der Waals surface area contributed by atoms with Crippen molar-refractivity contribution in [3.8, 4) is 5.75 Å². The highest BCUT2D eigenvalue weighted by molar-refractivity contribution is 5.89. The molecule has 0 aliphatic heterocycles. The minimum Gasteiger partial charge on any atom is -0.508 e. The summed E-state index contributed by atoms with van der Waals surface area (Å²) in [5, 5.41) is 15.8. The number of aromatic hydroxyl groups is 1. The molecular formula is C25H21NO2. The van der Waals surface area contributed by atoms with E-state index in [-0.39, 0.29) is 18.1 Å². The van der Waals surface area contributed by atoms with Crippen molar-refractivity contribution < 1.29 is 9.90 Å². The fraction of sp³-hybridized carbons (Fsp3) is 0.0800. The number of amides is 1. The molecule has 4 aromatic carbocycles. The molecule has 0 aliphatic rings. The Bertz CT molecular complexity index is 1090. The number of phenols is 1. The molecule has 2 N–H and O–H groups in total. The van der Waals surface area contributed by atoms with Gasteiger partial charge in [-0.15, -0.1) is 0 Å². The van der Waals surface area contributed by atoms with E-state index in [1.807, 2.05) is 91.0 Å². The molecule has 28 heavy (non-hydrogen) atoms. The third-order valence-electron chi connectivity index (χ3n) is 4.88. The van der Waals surface area contributed by atoms with E-state index in [4.69, 9.17) is 0 Å². The van der Waals surface area contributed by atoms with Gasteiger partial charge in [-0.3, -0.25) is 4.79 Å². The first-order chi connectivity index (χ1) is 13.7. The molecule has 3 nitrogen and oxygen atoms in total. The van der Waals surface area contributed by atoms with Gasteiger partial charge in [-0.25, -0.2) is 0 Å². The number of phenolic OH excluding ortho intramolecular Hbond substituents is 1. The lowest BCUT2D eigenvalue weighted by atomic mass is 9.92. The lowest BCUT2D eigenvalue weighted by Gasteiger charge is -2.22. The minimum atomic E-state index is -0.441. The molecule has 0 saturated carbocycles. The topological polar surface area (TPSA) is 49.3 Å². The molecule has 1 atom stereocenters. The summed E-state index contributed by atoms with van der Waals surface area (Å²) in [6.07, 6.45) is 0.287. The first-order valence-electron chi connectivity index (χ1n) is 9.31. The van der Waals surface area contributed by atoms with Crippen LogP contribution in [0.5, 0.6) is 5.75 Å². The van der Waals surface area contributed by atoms with Crippen molar-refractivity contribution in [2.45, 2.75) is 12.5 Å². The molecule has 4 aromatic rings. The van der Waals surface area contributed by atoms with Crippen LogP contribution in [0.1, 0.15) is 22.7 Å². The third-order valence-corrected chi connectivity index (χ3v) is 4.88. The van der Waals surface area contributed by atoms with E-state index in [2.05, 4.69) is 5.32 Å². The Labute approximate surface area is 164 Å². The van der Waals surface area contributed by atoms with Gasteiger partial charge in [0.05, 0.1) is 12.5 Å². The van der Waals surface area contributed by atoms with Crippen LogP contribution in [0.2, 0.25) is 0 Å². The molecule has 4 rings (SSSR count). The van der Waals surface area contributed by atoms with Gasteiger partial charge in [0.15, 0.2) is 0 Å². The highest BCUT2D eigenvalue weighted by atomic mass is 16.3. The number of nitrogens with one attached hydrogen (secondary N) is 1. The van der Waals surface area contributed by atoms with Gasteiger partial charge in [-0.05, 0) is 28.0 Å². The summed E-state index contributed by atoms with van der Waals surface area (Å²) in [5.41, 5.74) is 2.59. The van der Waals surface area contributed by atoms with Crippen LogP contribution in [0, 0.1) is 0 Å². The van der Waals surface area contributed by atoms with Crippen molar-refractivity contribution in [1.82, 2.24) is 5.32 Å². The highest BCUT2D eigenvalue weighted by Gasteiger charge is 2.22.